The molecule has 1 rings (SSSR count). The van der Waals surface area contributed by atoms with Gasteiger partial charge in [-0.15, -0.1) is 0 Å². The van der Waals surface area contributed by atoms with Crippen LogP contribution in [0.3, 0.4) is 0 Å². The zero-order chi connectivity index (χ0) is 20.6. The number of nitrogens with zero attached hydrogens (tertiary/aromatic N) is 1. The van der Waals surface area contributed by atoms with Crippen LogP contribution in [0.2, 0.25) is 0 Å². The van der Waals surface area contributed by atoms with E-state index >= 15 is 0 Å². The topological polar surface area (TPSA) is 12.4 Å². The number of rotatable bonds is 11. The van der Waals surface area contributed by atoms with Gasteiger partial charge in [0.05, 0.1) is 0 Å². The van der Waals surface area contributed by atoms with Crippen LogP contribution in [0.5, 0.6) is 0 Å². The molecule has 0 saturated carbocycles. The van der Waals surface area contributed by atoms with Gasteiger partial charge in [-0.25, -0.2) is 0 Å². The minimum absolute atomic E-state index is 0. The van der Waals surface area contributed by atoms with E-state index in [4.69, 9.17) is 4.74 Å². The predicted molar refractivity (Wildman–Crippen MR) is 129 cm³/mol. The SMILES string of the molecule is C=CC=CC(C)(C)C.CCCCP(CCCC)(CCCC)=NC1=CC=CC1.[Ti]. The van der Waals surface area contributed by atoms with Gasteiger partial charge in [0, 0.05) is 33.8 Å². The van der Waals surface area contributed by atoms with Crippen molar-refractivity contribution in [1.82, 2.24) is 0 Å². The second-order valence-corrected chi connectivity index (χ2v) is 12.4. The Morgan fingerprint density at radius 3 is 1.79 bits per heavy atom. The van der Waals surface area contributed by atoms with Crippen LogP contribution < -0.4 is 0 Å². The van der Waals surface area contributed by atoms with Crippen LogP contribution in [0.25, 0.3) is 0 Å². The third-order valence-corrected chi connectivity index (χ3v) is 8.74. The van der Waals surface area contributed by atoms with E-state index in [1.807, 2.05) is 6.08 Å². The molecule has 160 valence electrons. The summed E-state index contributed by atoms with van der Waals surface area (Å²) in [5.41, 5.74) is 1.66. The van der Waals surface area contributed by atoms with Gasteiger partial charge >= 0.3 is 0 Å². The number of unbranched alkanes of at least 4 members (excludes halogenated alkanes) is 3. The van der Waals surface area contributed by atoms with Gasteiger partial charge in [-0.2, -0.15) is 0 Å². The van der Waals surface area contributed by atoms with E-state index in [-0.39, 0.29) is 21.7 Å². The first-order chi connectivity index (χ1) is 12.8. The van der Waals surface area contributed by atoms with E-state index < -0.39 is 7.05 Å². The first kappa shape index (κ1) is 30.1. The summed E-state index contributed by atoms with van der Waals surface area (Å²) in [5.74, 6) is 0. The second-order valence-electron chi connectivity index (χ2n) is 8.68. The van der Waals surface area contributed by atoms with Gasteiger partial charge in [0.15, 0.2) is 0 Å². The Balaban J connectivity index is 0. The Morgan fingerprint density at radius 2 is 1.50 bits per heavy atom. The largest absolute Gasteiger partial charge is 0.272 e. The molecule has 0 aliphatic heterocycles. The summed E-state index contributed by atoms with van der Waals surface area (Å²) in [6, 6.07) is 0. The summed E-state index contributed by atoms with van der Waals surface area (Å²) in [7, 11) is -1.08. The maximum atomic E-state index is 5.33. The van der Waals surface area contributed by atoms with Crippen molar-refractivity contribution in [2.24, 2.45) is 10.2 Å². The van der Waals surface area contributed by atoms with E-state index in [2.05, 4.69) is 72.4 Å². The fourth-order valence-electron chi connectivity index (χ4n) is 2.98. The van der Waals surface area contributed by atoms with Gasteiger partial charge in [-0.1, -0.05) is 97.8 Å². The molecule has 1 aliphatic carbocycles. The molecule has 0 atom stereocenters. The predicted octanol–water partition coefficient (Wildman–Crippen LogP) is 9.20. The first-order valence-corrected chi connectivity index (χ1v) is 13.4. The quantitative estimate of drug-likeness (QED) is 0.173. The van der Waals surface area contributed by atoms with Crippen LogP contribution in [0, 0.1) is 5.41 Å². The van der Waals surface area contributed by atoms with Crippen molar-refractivity contribution in [2.75, 3.05) is 18.5 Å². The van der Waals surface area contributed by atoms with E-state index in [1.165, 1.54) is 62.7 Å². The Morgan fingerprint density at radius 1 is 1.00 bits per heavy atom. The van der Waals surface area contributed by atoms with Gasteiger partial charge < -0.3 is 0 Å². The Hall–Kier alpha value is -0.0957. The maximum Gasteiger partial charge on any atom is 0.0425 e. The molecule has 0 aromatic carbocycles. The van der Waals surface area contributed by atoms with Gasteiger partial charge in [-0.05, 0) is 56.3 Å². The molecule has 28 heavy (non-hydrogen) atoms. The number of allylic oxidation sites excluding steroid dienone is 6. The molecule has 0 amide bonds. The molecule has 0 bridgehead atoms. The minimum Gasteiger partial charge on any atom is -0.272 e. The Bertz CT molecular complexity index is 507. The Labute approximate surface area is 192 Å². The van der Waals surface area contributed by atoms with Crippen LogP contribution in [-0.2, 0) is 21.7 Å². The smallest absolute Gasteiger partial charge is 0.0425 e. The zero-order valence-electron chi connectivity index (χ0n) is 19.6. The molecule has 0 aromatic heterocycles. The van der Waals surface area contributed by atoms with Crippen LogP contribution in [0.4, 0.5) is 0 Å². The van der Waals surface area contributed by atoms with Crippen molar-refractivity contribution < 1.29 is 21.7 Å². The Kier molecular flexibility index (Phi) is 19.1. The van der Waals surface area contributed by atoms with Crippen LogP contribution in [0.15, 0.2) is 53.5 Å². The molecule has 0 heterocycles. The van der Waals surface area contributed by atoms with Crippen LogP contribution in [0.1, 0.15) is 86.5 Å². The third kappa shape index (κ3) is 15.8. The minimum atomic E-state index is -1.08. The van der Waals surface area contributed by atoms with E-state index in [1.54, 1.807) is 6.08 Å². The average Bonchev–Trinajstić information content (AvgIpc) is 3.14. The monoisotopic (exact) mass is 439 g/mol. The second kappa shape index (κ2) is 17.7. The van der Waals surface area contributed by atoms with Crippen molar-refractivity contribution >= 4 is 7.05 Å². The zero-order valence-corrected chi connectivity index (χ0v) is 22.1. The summed E-state index contributed by atoms with van der Waals surface area (Å²) in [6.07, 6.45) is 25.8. The summed E-state index contributed by atoms with van der Waals surface area (Å²) in [5, 5.41) is 0. The molecule has 0 unspecified atom stereocenters. The summed E-state index contributed by atoms with van der Waals surface area (Å²) >= 11 is 0. The average molecular weight is 439 g/mol. The van der Waals surface area contributed by atoms with Crippen molar-refractivity contribution in [3.8, 4) is 0 Å². The molecule has 0 spiro atoms. The molecule has 0 fully saturated rings. The van der Waals surface area contributed by atoms with Gasteiger partial charge in [-0.3, -0.25) is 4.74 Å². The van der Waals surface area contributed by atoms with Crippen molar-refractivity contribution in [3.63, 3.8) is 0 Å². The maximum absolute atomic E-state index is 5.33. The van der Waals surface area contributed by atoms with Crippen LogP contribution in [-0.4, -0.2) is 18.5 Å². The number of hydrogen-bond donors (Lipinski definition) is 0. The third-order valence-electron chi connectivity index (χ3n) is 4.61. The first-order valence-electron chi connectivity index (χ1n) is 11.1. The summed E-state index contributed by atoms with van der Waals surface area (Å²) < 4.78 is 5.33. The number of hydrogen-bond acceptors (Lipinski definition) is 1. The standard InChI is InChI=1S/C17H32NP.C8H14.Ti/c1-4-7-14-19(15-8-5-2,16-9-6-3)18-17-12-10-11-13-17;1-5-6-7-8(2,3)4;/h10-12H,4-9,13-16H2,1-3H3;5-7H,1H2,2-4H3;. The molecule has 0 saturated heterocycles. The van der Waals surface area contributed by atoms with Gasteiger partial charge in [0.25, 0.3) is 0 Å². The summed E-state index contributed by atoms with van der Waals surface area (Å²) in [6.45, 7) is 17.0. The molecule has 1 nitrogen and oxygen atoms in total. The van der Waals surface area contributed by atoms with E-state index in [0.29, 0.717) is 5.41 Å². The van der Waals surface area contributed by atoms with Crippen molar-refractivity contribution in [3.05, 3.63) is 48.7 Å². The van der Waals surface area contributed by atoms with E-state index in [0.717, 1.165) is 6.42 Å². The van der Waals surface area contributed by atoms with Gasteiger partial charge in [0.2, 0.25) is 0 Å². The molecule has 3 heteroatoms. The fourth-order valence-corrected chi connectivity index (χ4v) is 7.36. The van der Waals surface area contributed by atoms with E-state index in [9.17, 15) is 0 Å². The molecule has 0 N–H and O–H groups in total. The molecule has 1 aliphatic rings. The fraction of sp³-hybridized carbons (Fsp3) is 0.680. The molecular weight excluding hydrogens is 393 g/mol. The van der Waals surface area contributed by atoms with Crippen molar-refractivity contribution in [1.29, 1.82) is 0 Å². The van der Waals surface area contributed by atoms with Gasteiger partial charge in [0.1, 0.15) is 0 Å². The molecule has 0 aromatic rings. The molecule has 0 radical (unpaired) electrons. The normalized spacial score (nSPS) is 13.6. The van der Waals surface area contributed by atoms with Crippen molar-refractivity contribution in [2.45, 2.75) is 86.5 Å². The molecular formula is C25H46NPTi. The van der Waals surface area contributed by atoms with Crippen LogP contribution >= 0.6 is 7.05 Å². The summed E-state index contributed by atoms with van der Waals surface area (Å²) in [4.78, 5) is 0.